The molecule has 4 N–H and O–H groups in total. The summed E-state index contributed by atoms with van der Waals surface area (Å²) in [6.45, 7) is -0.419. The minimum atomic E-state index is -1.00. The number of H-pyrrole nitrogens is 1. The molecule has 6 nitrogen and oxygen atoms in total. The highest BCUT2D eigenvalue weighted by atomic mass is 16.3. The number of hydrogen-bond donors (Lipinski definition) is 4. The van der Waals surface area contributed by atoms with Gasteiger partial charge in [-0.15, -0.1) is 0 Å². The third-order valence-corrected chi connectivity index (χ3v) is 3.45. The quantitative estimate of drug-likeness (QED) is 0.652. The second-order valence-electron chi connectivity index (χ2n) is 5.35. The average Bonchev–Trinajstić information content (AvgIpc) is 2.49. The summed E-state index contributed by atoms with van der Waals surface area (Å²) in [4.78, 5) is 16.3. The summed E-state index contributed by atoms with van der Waals surface area (Å²) in [5.41, 5.74) is 2.15. The summed E-state index contributed by atoms with van der Waals surface area (Å²) >= 11 is 0. The van der Waals surface area contributed by atoms with Gasteiger partial charge in [-0.25, -0.2) is 0 Å². The topological polar surface area (TPSA) is 96.8 Å². The molecule has 2 aromatic rings. The van der Waals surface area contributed by atoms with Crippen LogP contribution >= 0.6 is 0 Å². The van der Waals surface area contributed by atoms with Crippen LogP contribution in [0.4, 0.5) is 5.69 Å². The first kappa shape index (κ1) is 16.1. The van der Waals surface area contributed by atoms with Crippen LogP contribution in [0, 0.1) is 0 Å². The number of nitrogens with one attached hydrogen (secondary N) is 1. The van der Waals surface area contributed by atoms with Crippen molar-refractivity contribution in [2.24, 2.45) is 0 Å². The van der Waals surface area contributed by atoms with Crippen molar-refractivity contribution in [3.05, 3.63) is 46.2 Å². The lowest BCUT2D eigenvalue weighted by molar-refractivity contribution is 0.0950. The summed E-state index contributed by atoms with van der Waals surface area (Å²) in [6.07, 6.45) is -0.958. The van der Waals surface area contributed by atoms with Crippen molar-refractivity contribution >= 4 is 5.69 Å². The molecule has 6 heteroatoms. The number of rotatable bonds is 5. The molecule has 0 amide bonds. The Balaban J connectivity index is 2.50. The predicted octanol–water partition coefficient (Wildman–Crippen LogP) is 0.709. The monoisotopic (exact) mass is 304 g/mol. The first-order valence-electron chi connectivity index (χ1n) is 6.94. The SMILES string of the molecule is CN(C)c1ccc(-c2[nH]c(=O)cc(O)c2CC(O)CO)cc1. The molecule has 22 heavy (non-hydrogen) atoms. The van der Waals surface area contributed by atoms with Gasteiger partial charge in [0.1, 0.15) is 5.75 Å². The van der Waals surface area contributed by atoms with E-state index in [1.54, 1.807) is 0 Å². The van der Waals surface area contributed by atoms with E-state index >= 15 is 0 Å². The molecule has 118 valence electrons. The van der Waals surface area contributed by atoms with Gasteiger partial charge in [-0.1, -0.05) is 12.1 Å². The summed E-state index contributed by atoms with van der Waals surface area (Å²) in [7, 11) is 3.85. The molecule has 0 aliphatic rings. The van der Waals surface area contributed by atoms with E-state index in [1.165, 1.54) is 0 Å². The Morgan fingerprint density at radius 3 is 2.41 bits per heavy atom. The van der Waals surface area contributed by atoms with E-state index in [2.05, 4.69) is 4.98 Å². The zero-order valence-electron chi connectivity index (χ0n) is 12.6. The van der Waals surface area contributed by atoms with Gasteiger partial charge in [0, 0.05) is 37.8 Å². The van der Waals surface area contributed by atoms with Crippen LogP contribution in [0.15, 0.2) is 35.1 Å². The number of aromatic hydroxyl groups is 1. The van der Waals surface area contributed by atoms with Gasteiger partial charge in [0.05, 0.1) is 18.4 Å². The van der Waals surface area contributed by atoms with E-state index in [0.717, 1.165) is 17.3 Å². The molecule has 0 bridgehead atoms. The van der Waals surface area contributed by atoms with Crippen molar-refractivity contribution in [2.75, 3.05) is 25.6 Å². The van der Waals surface area contributed by atoms with E-state index in [4.69, 9.17) is 5.11 Å². The molecule has 0 aliphatic carbocycles. The summed E-state index contributed by atoms with van der Waals surface area (Å²) < 4.78 is 0. The predicted molar refractivity (Wildman–Crippen MR) is 85.3 cm³/mol. The molecule has 0 fully saturated rings. The number of benzene rings is 1. The molecule has 1 atom stereocenters. The van der Waals surface area contributed by atoms with E-state index in [9.17, 15) is 15.0 Å². The number of pyridine rings is 1. The van der Waals surface area contributed by atoms with E-state index in [-0.39, 0.29) is 12.2 Å². The van der Waals surface area contributed by atoms with Crippen LogP contribution in [-0.4, -0.2) is 47.1 Å². The van der Waals surface area contributed by atoms with Crippen molar-refractivity contribution in [3.8, 4) is 17.0 Å². The highest BCUT2D eigenvalue weighted by Crippen LogP contribution is 2.29. The summed E-state index contributed by atoms with van der Waals surface area (Å²) in [6, 6.07) is 8.51. The van der Waals surface area contributed by atoms with Gasteiger partial charge in [-0.3, -0.25) is 4.79 Å². The third-order valence-electron chi connectivity index (χ3n) is 3.45. The lowest BCUT2D eigenvalue weighted by Crippen LogP contribution is -2.18. The van der Waals surface area contributed by atoms with Crippen LogP contribution in [0.1, 0.15) is 5.56 Å². The Kier molecular flexibility index (Phi) is 4.85. The maximum Gasteiger partial charge on any atom is 0.252 e. The largest absolute Gasteiger partial charge is 0.507 e. The number of hydrogen-bond acceptors (Lipinski definition) is 5. The molecule has 1 unspecified atom stereocenters. The van der Waals surface area contributed by atoms with Crippen molar-refractivity contribution in [3.63, 3.8) is 0 Å². The van der Waals surface area contributed by atoms with Crippen LogP contribution in [0.3, 0.4) is 0 Å². The van der Waals surface area contributed by atoms with Crippen LogP contribution in [0.25, 0.3) is 11.3 Å². The Morgan fingerprint density at radius 2 is 1.86 bits per heavy atom. The molecule has 1 aromatic carbocycles. The lowest BCUT2D eigenvalue weighted by atomic mass is 10.00. The van der Waals surface area contributed by atoms with Gasteiger partial charge < -0.3 is 25.2 Å². The second-order valence-corrected chi connectivity index (χ2v) is 5.35. The van der Waals surface area contributed by atoms with Gasteiger partial charge in [0.2, 0.25) is 0 Å². The number of nitrogens with zero attached hydrogens (tertiary/aromatic N) is 1. The number of aliphatic hydroxyl groups excluding tert-OH is 2. The second kappa shape index (κ2) is 6.64. The fraction of sp³-hybridized carbons (Fsp3) is 0.312. The molecule has 0 spiro atoms. The van der Waals surface area contributed by atoms with Crippen molar-refractivity contribution in [1.29, 1.82) is 0 Å². The van der Waals surface area contributed by atoms with E-state index in [1.807, 2.05) is 43.3 Å². The minimum Gasteiger partial charge on any atom is -0.507 e. The minimum absolute atomic E-state index is 0.0455. The van der Waals surface area contributed by atoms with Crippen LogP contribution < -0.4 is 10.5 Å². The normalized spacial score (nSPS) is 12.2. The zero-order valence-corrected chi connectivity index (χ0v) is 12.6. The molecule has 1 aromatic heterocycles. The number of aromatic amines is 1. The van der Waals surface area contributed by atoms with Crippen molar-refractivity contribution in [2.45, 2.75) is 12.5 Å². The molecule has 0 saturated carbocycles. The number of aliphatic hydroxyl groups is 2. The molecule has 0 saturated heterocycles. The highest BCUT2D eigenvalue weighted by molar-refractivity contribution is 5.68. The van der Waals surface area contributed by atoms with Crippen molar-refractivity contribution in [1.82, 2.24) is 4.98 Å². The molecular weight excluding hydrogens is 284 g/mol. The Hall–Kier alpha value is -2.31. The zero-order chi connectivity index (χ0) is 16.3. The fourth-order valence-corrected chi connectivity index (χ4v) is 2.25. The number of anilines is 1. The van der Waals surface area contributed by atoms with Gasteiger partial charge in [0.15, 0.2) is 0 Å². The Labute approximate surface area is 128 Å². The van der Waals surface area contributed by atoms with Gasteiger partial charge in [-0.05, 0) is 17.7 Å². The number of aromatic nitrogens is 1. The van der Waals surface area contributed by atoms with Gasteiger partial charge in [-0.2, -0.15) is 0 Å². The molecule has 1 heterocycles. The molecule has 0 radical (unpaired) electrons. The molecular formula is C16H20N2O4. The van der Waals surface area contributed by atoms with Crippen molar-refractivity contribution < 1.29 is 15.3 Å². The van der Waals surface area contributed by atoms with Gasteiger partial charge in [0.25, 0.3) is 5.56 Å². The molecule has 2 rings (SSSR count). The molecule has 0 aliphatic heterocycles. The maximum atomic E-state index is 11.6. The van der Waals surface area contributed by atoms with E-state index < -0.39 is 18.3 Å². The smallest absolute Gasteiger partial charge is 0.252 e. The lowest BCUT2D eigenvalue weighted by Gasteiger charge is -2.16. The van der Waals surface area contributed by atoms with Crippen LogP contribution in [0.5, 0.6) is 5.75 Å². The van der Waals surface area contributed by atoms with Crippen LogP contribution in [-0.2, 0) is 6.42 Å². The summed E-state index contributed by atoms with van der Waals surface area (Å²) in [5, 5.41) is 28.6. The van der Waals surface area contributed by atoms with E-state index in [0.29, 0.717) is 11.3 Å². The van der Waals surface area contributed by atoms with Gasteiger partial charge >= 0.3 is 0 Å². The Morgan fingerprint density at radius 1 is 1.23 bits per heavy atom. The first-order valence-corrected chi connectivity index (χ1v) is 6.94. The fourth-order valence-electron chi connectivity index (χ4n) is 2.25. The Bertz CT molecular complexity index is 692. The maximum absolute atomic E-state index is 11.6. The first-order chi connectivity index (χ1) is 10.4. The summed E-state index contributed by atoms with van der Waals surface area (Å²) in [5.74, 6) is -0.192. The van der Waals surface area contributed by atoms with Crippen LogP contribution in [0.2, 0.25) is 0 Å². The standard InChI is InChI=1S/C16H20N2O4/c1-18(2)11-5-3-10(4-6-11)16-13(7-12(20)9-19)14(21)8-15(22)17-16/h3-6,8,12,19-20H,7,9H2,1-2H3,(H2,17,21,22). The highest BCUT2D eigenvalue weighted by Gasteiger charge is 2.16. The third kappa shape index (κ3) is 3.47. The average molecular weight is 304 g/mol.